The molecule has 0 aliphatic heterocycles. The minimum absolute atomic E-state index is 0.166. The summed E-state index contributed by atoms with van der Waals surface area (Å²) in [5.74, 6) is -1.23. The fourth-order valence-electron chi connectivity index (χ4n) is 3.85. The van der Waals surface area contributed by atoms with E-state index >= 15 is 0 Å². The number of hydrogen-bond donors (Lipinski definition) is 3. The van der Waals surface area contributed by atoms with Gasteiger partial charge in [-0.15, -0.1) is 0 Å². The quantitative estimate of drug-likeness (QED) is 0.352. The molecule has 0 aromatic heterocycles. The summed E-state index contributed by atoms with van der Waals surface area (Å²) >= 11 is 0. The molecule has 3 amide bonds. The Labute approximate surface area is 205 Å². The van der Waals surface area contributed by atoms with E-state index in [1.807, 2.05) is 72.8 Å². The Morgan fingerprint density at radius 2 is 1.57 bits per heavy atom. The number of carbonyl (C=O) groups is 4. The van der Waals surface area contributed by atoms with Crippen LogP contribution in [0.25, 0.3) is 10.8 Å². The van der Waals surface area contributed by atoms with Gasteiger partial charge in [0.2, 0.25) is 17.7 Å². The van der Waals surface area contributed by atoms with Gasteiger partial charge in [-0.3, -0.25) is 14.4 Å². The molecule has 0 saturated carbocycles. The minimum Gasteiger partial charge on any atom is -0.350 e. The zero-order valence-corrected chi connectivity index (χ0v) is 19.8. The van der Waals surface area contributed by atoms with Gasteiger partial charge in [-0.2, -0.15) is 0 Å². The van der Waals surface area contributed by atoms with Crippen LogP contribution in [0.2, 0.25) is 0 Å². The number of amides is 3. The van der Waals surface area contributed by atoms with E-state index in [2.05, 4.69) is 16.0 Å². The lowest BCUT2D eigenvalue weighted by molar-refractivity contribution is -0.132. The fraction of sp³-hybridized carbons (Fsp3) is 0.286. The molecule has 0 bridgehead atoms. The van der Waals surface area contributed by atoms with Gasteiger partial charge in [0, 0.05) is 19.4 Å². The lowest BCUT2D eigenvalue weighted by atomic mass is 10.0. The standard InChI is InChI=1S/C28H31N3O4/c1-20(27(34)29-19-23-14-8-13-22-12-5-6-15-24(22)23)30-28(35)25(17-18-32)31-26(33)16-7-11-21-9-3-2-4-10-21/h2-6,8-10,12-15,18,20,25H,7,11,16-17,19H2,1H3,(H,29,34)(H,30,35)(H,31,33)/t20-,25-/m0/s1. The molecule has 3 aromatic carbocycles. The molecule has 0 radical (unpaired) electrons. The molecule has 0 spiro atoms. The second-order valence-corrected chi connectivity index (χ2v) is 8.45. The molecular formula is C28H31N3O4. The van der Waals surface area contributed by atoms with Crippen LogP contribution in [-0.2, 0) is 32.1 Å². The van der Waals surface area contributed by atoms with Gasteiger partial charge < -0.3 is 20.7 Å². The van der Waals surface area contributed by atoms with E-state index < -0.39 is 18.0 Å². The van der Waals surface area contributed by atoms with Crippen LogP contribution in [0.3, 0.4) is 0 Å². The van der Waals surface area contributed by atoms with Crippen molar-refractivity contribution in [2.24, 2.45) is 0 Å². The number of benzene rings is 3. The average molecular weight is 474 g/mol. The van der Waals surface area contributed by atoms with Crippen molar-refractivity contribution in [3.05, 3.63) is 83.9 Å². The molecule has 0 aliphatic rings. The first-order valence-corrected chi connectivity index (χ1v) is 11.8. The topological polar surface area (TPSA) is 104 Å². The number of rotatable bonds is 12. The zero-order chi connectivity index (χ0) is 25.0. The van der Waals surface area contributed by atoms with Crippen molar-refractivity contribution in [2.75, 3.05) is 0 Å². The third kappa shape index (κ3) is 7.78. The molecule has 182 valence electrons. The van der Waals surface area contributed by atoms with E-state index in [0.29, 0.717) is 19.3 Å². The van der Waals surface area contributed by atoms with Crippen molar-refractivity contribution in [1.29, 1.82) is 0 Å². The minimum atomic E-state index is -1.02. The normalized spacial score (nSPS) is 12.4. The Kier molecular flexibility index (Phi) is 9.54. The van der Waals surface area contributed by atoms with Gasteiger partial charge in [0.05, 0.1) is 0 Å². The molecule has 3 aromatic rings. The van der Waals surface area contributed by atoms with Crippen molar-refractivity contribution in [2.45, 2.75) is 51.2 Å². The Morgan fingerprint density at radius 1 is 0.857 bits per heavy atom. The van der Waals surface area contributed by atoms with E-state index in [-0.39, 0.29) is 24.7 Å². The molecule has 7 heteroatoms. The molecule has 3 N–H and O–H groups in total. The number of aryl methyl sites for hydroxylation is 1. The number of carbonyl (C=O) groups excluding carboxylic acids is 4. The predicted octanol–water partition coefficient (Wildman–Crippen LogP) is 3.06. The molecule has 2 atom stereocenters. The second-order valence-electron chi connectivity index (χ2n) is 8.45. The van der Waals surface area contributed by atoms with Gasteiger partial charge >= 0.3 is 0 Å². The van der Waals surface area contributed by atoms with Crippen LogP contribution in [0.4, 0.5) is 0 Å². The molecule has 0 heterocycles. The Balaban J connectivity index is 1.48. The number of fused-ring (bicyclic) bond motifs is 1. The van der Waals surface area contributed by atoms with Crippen LogP contribution in [0, 0.1) is 0 Å². The molecule has 7 nitrogen and oxygen atoms in total. The predicted molar refractivity (Wildman–Crippen MR) is 135 cm³/mol. The van der Waals surface area contributed by atoms with Crippen molar-refractivity contribution in [3.8, 4) is 0 Å². The van der Waals surface area contributed by atoms with Crippen LogP contribution in [0.1, 0.15) is 37.3 Å². The summed E-state index contributed by atoms with van der Waals surface area (Å²) in [4.78, 5) is 48.6. The largest absolute Gasteiger partial charge is 0.350 e. The highest BCUT2D eigenvalue weighted by molar-refractivity contribution is 5.93. The number of aldehydes is 1. The van der Waals surface area contributed by atoms with Crippen LogP contribution < -0.4 is 16.0 Å². The lowest BCUT2D eigenvalue weighted by Crippen LogP contribution is -2.52. The highest BCUT2D eigenvalue weighted by Crippen LogP contribution is 2.18. The summed E-state index contributed by atoms with van der Waals surface area (Å²) in [7, 11) is 0. The highest BCUT2D eigenvalue weighted by atomic mass is 16.2. The average Bonchev–Trinajstić information content (AvgIpc) is 2.87. The molecule has 0 fully saturated rings. The SMILES string of the molecule is C[C@H](NC(=O)[C@H](CC=O)NC(=O)CCCc1ccccc1)C(=O)NCc1cccc2ccccc12. The van der Waals surface area contributed by atoms with Gasteiger partial charge in [-0.1, -0.05) is 72.8 Å². The smallest absolute Gasteiger partial charge is 0.243 e. The first kappa shape index (κ1) is 25.6. The van der Waals surface area contributed by atoms with Crippen LogP contribution >= 0.6 is 0 Å². The maximum Gasteiger partial charge on any atom is 0.243 e. The summed E-state index contributed by atoms with van der Waals surface area (Å²) < 4.78 is 0. The van der Waals surface area contributed by atoms with E-state index in [0.717, 1.165) is 28.3 Å². The summed E-state index contributed by atoms with van der Waals surface area (Å²) in [5, 5.41) is 10.2. The van der Waals surface area contributed by atoms with E-state index in [9.17, 15) is 19.2 Å². The maximum atomic E-state index is 12.7. The second kappa shape index (κ2) is 13.0. The summed E-state index contributed by atoms with van der Waals surface area (Å²) in [5.41, 5.74) is 2.10. The molecular weight excluding hydrogens is 442 g/mol. The summed E-state index contributed by atoms with van der Waals surface area (Å²) in [6.45, 7) is 1.88. The van der Waals surface area contributed by atoms with Gasteiger partial charge in [-0.25, -0.2) is 0 Å². The summed E-state index contributed by atoms with van der Waals surface area (Å²) in [6.07, 6.45) is 2.02. The Hall–Kier alpha value is -4.00. The van der Waals surface area contributed by atoms with Crippen LogP contribution in [0.15, 0.2) is 72.8 Å². The van der Waals surface area contributed by atoms with Crippen molar-refractivity contribution >= 4 is 34.8 Å². The first-order valence-electron chi connectivity index (χ1n) is 11.8. The maximum absolute atomic E-state index is 12.7. The first-order chi connectivity index (χ1) is 17.0. The van der Waals surface area contributed by atoms with E-state index in [1.165, 1.54) is 0 Å². The Bertz CT molecular complexity index is 1160. The molecule has 0 saturated heterocycles. The number of hydrogen-bond acceptors (Lipinski definition) is 4. The number of nitrogens with one attached hydrogen (secondary N) is 3. The summed E-state index contributed by atoms with van der Waals surface area (Å²) in [6, 6.07) is 21.7. The highest BCUT2D eigenvalue weighted by Gasteiger charge is 2.24. The van der Waals surface area contributed by atoms with Gasteiger partial charge in [0.15, 0.2) is 0 Å². The third-order valence-corrected chi connectivity index (χ3v) is 5.78. The molecule has 0 unspecified atom stereocenters. The zero-order valence-electron chi connectivity index (χ0n) is 19.8. The van der Waals surface area contributed by atoms with Crippen molar-refractivity contribution in [1.82, 2.24) is 16.0 Å². The van der Waals surface area contributed by atoms with Crippen molar-refractivity contribution < 1.29 is 19.2 Å². The van der Waals surface area contributed by atoms with Crippen LogP contribution in [0.5, 0.6) is 0 Å². The van der Waals surface area contributed by atoms with Crippen LogP contribution in [-0.4, -0.2) is 36.1 Å². The van der Waals surface area contributed by atoms with E-state index in [4.69, 9.17) is 0 Å². The van der Waals surface area contributed by atoms with E-state index in [1.54, 1.807) is 6.92 Å². The van der Waals surface area contributed by atoms with Crippen molar-refractivity contribution in [3.63, 3.8) is 0 Å². The van der Waals surface area contributed by atoms with Gasteiger partial charge in [0.25, 0.3) is 0 Å². The molecule has 3 rings (SSSR count). The lowest BCUT2D eigenvalue weighted by Gasteiger charge is -2.20. The third-order valence-electron chi connectivity index (χ3n) is 5.78. The fourth-order valence-corrected chi connectivity index (χ4v) is 3.85. The molecule has 35 heavy (non-hydrogen) atoms. The van der Waals surface area contributed by atoms with Gasteiger partial charge in [0.1, 0.15) is 18.4 Å². The Morgan fingerprint density at radius 3 is 2.34 bits per heavy atom. The molecule has 0 aliphatic carbocycles. The van der Waals surface area contributed by atoms with Gasteiger partial charge in [-0.05, 0) is 41.7 Å². The monoisotopic (exact) mass is 473 g/mol.